The largest absolute Gasteiger partial charge is 0.394 e. The Morgan fingerprint density at radius 1 is 1.37 bits per heavy atom. The summed E-state index contributed by atoms with van der Waals surface area (Å²) < 4.78 is 2.04. The fourth-order valence-electron chi connectivity index (χ4n) is 4.01. The average Bonchev–Trinajstić information content (AvgIpc) is 3.06. The van der Waals surface area contributed by atoms with Gasteiger partial charge in [-0.05, 0) is 50.4 Å². The number of anilines is 2. The van der Waals surface area contributed by atoms with Crippen molar-refractivity contribution in [2.75, 3.05) is 17.6 Å². The van der Waals surface area contributed by atoms with Crippen molar-refractivity contribution >= 4 is 11.5 Å². The molecule has 1 aromatic heterocycles. The molecule has 3 atom stereocenters. The van der Waals surface area contributed by atoms with Crippen LogP contribution in [-0.2, 0) is 6.54 Å². The van der Waals surface area contributed by atoms with Crippen LogP contribution in [-0.4, -0.2) is 16.3 Å². The van der Waals surface area contributed by atoms with Crippen LogP contribution < -0.4 is 11.1 Å². The molecule has 0 aliphatic heterocycles. The van der Waals surface area contributed by atoms with Crippen LogP contribution in [0.1, 0.15) is 44.7 Å². The maximum absolute atomic E-state index is 6.15. The molecule has 0 amide bonds. The molecule has 4 heteroatoms. The van der Waals surface area contributed by atoms with Gasteiger partial charge in [0.1, 0.15) is 5.82 Å². The smallest absolute Gasteiger partial charge is 0.148 e. The van der Waals surface area contributed by atoms with E-state index in [1.165, 1.54) is 25.7 Å². The number of nitrogens with zero attached hydrogens (tertiary/aromatic N) is 2. The summed E-state index contributed by atoms with van der Waals surface area (Å²) in [5.41, 5.74) is 7.93. The molecule has 0 spiro atoms. The quantitative estimate of drug-likeness (QED) is 0.857. The van der Waals surface area contributed by atoms with Crippen LogP contribution in [0.25, 0.3) is 0 Å². The molecule has 106 valence electrons. The van der Waals surface area contributed by atoms with E-state index in [1.54, 1.807) is 0 Å². The summed E-state index contributed by atoms with van der Waals surface area (Å²) in [6.45, 7) is 6.18. The second-order valence-corrected chi connectivity index (χ2v) is 6.39. The summed E-state index contributed by atoms with van der Waals surface area (Å²) in [7, 11) is 0. The van der Waals surface area contributed by atoms with Gasteiger partial charge in [-0.15, -0.1) is 0 Å². The monoisotopic (exact) mass is 262 g/mol. The molecule has 0 saturated heterocycles. The second-order valence-electron chi connectivity index (χ2n) is 6.39. The number of hydrogen-bond acceptors (Lipinski definition) is 3. The van der Waals surface area contributed by atoms with E-state index in [0.717, 1.165) is 54.5 Å². The Labute approximate surface area is 115 Å². The number of hydrogen-bond donors (Lipinski definition) is 2. The lowest BCUT2D eigenvalue weighted by molar-refractivity contribution is 0.347. The van der Waals surface area contributed by atoms with Crippen molar-refractivity contribution in [2.45, 2.75) is 52.5 Å². The lowest BCUT2D eigenvalue weighted by Gasteiger charge is -2.22. The van der Waals surface area contributed by atoms with Crippen LogP contribution in [0, 0.1) is 24.7 Å². The van der Waals surface area contributed by atoms with Crippen molar-refractivity contribution in [3.05, 3.63) is 5.69 Å². The Hall–Kier alpha value is -1.19. The molecule has 2 aliphatic carbocycles. The van der Waals surface area contributed by atoms with E-state index in [0.29, 0.717) is 0 Å². The zero-order valence-electron chi connectivity index (χ0n) is 12.2. The first kappa shape index (κ1) is 12.8. The van der Waals surface area contributed by atoms with Gasteiger partial charge in [0, 0.05) is 13.1 Å². The van der Waals surface area contributed by atoms with Gasteiger partial charge in [0.25, 0.3) is 0 Å². The fourth-order valence-corrected chi connectivity index (χ4v) is 4.01. The highest BCUT2D eigenvalue weighted by Gasteiger charge is 2.39. The van der Waals surface area contributed by atoms with Crippen molar-refractivity contribution in [1.82, 2.24) is 9.78 Å². The van der Waals surface area contributed by atoms with Crippen LogP contribution >= 0.6 is 0 Å². The minimum absolute atomic E-state index is 0.830. The van der Waals surface area contributed by atoms with Crippen LogP contribution in [0.15, 0.2) is 0 Å². The molecular weight excluding hydrogens is 236 g/mol. The highest BCUT2D eigenvalue weighted by molar-refractivity contribution is 5.64. The highest BCUT2D eigenvalue weighted by atomic mass is 15.3. The summed E-state index contributed by atoms with van der Waals surface area (Å²) in [6.07, 6.45) is 6.88. The summed E-state index contributed by atoms with van der Waals surface area (Å²) in [5.74, 6) is 3.87. The predicted octanol–water partition coefficient (Wildman–Crippen LogP) is 3.03. The maximum atomic E-state index is 6.15. The van der Waals surface area contributed by atoms with Crippen molar-refractivity contribution in [3.63, 3.8) is 0 Å². The summed E-state index contributed by atoms with van der Waals surface area (Å²) in [5, 5.41) is 8.11. The molecule has 3 unspecified atom stereocenters. The minimum Gasteiger partial charge on any atom is -0.394 e. The first-order valence-electron chi connectivity index (χ1n) is 7.75. The third-order valence-corrected chi connectivity index (χ3v) is 5.03. The Bertz CT molecular complexity index is 451. The third-order valence-electron chi connectivity index (χ3n) is 5.03. The summed E-state index contributed by atoms with van der Waals surface area (Å²) >= 11 is 0. The van der Waals surface area contributed by atoms with Crippen LogP contribution in [0.4, 0.5) is 11.5 Å². The molecule has 3 rings (SSSR count). The van der Waals surface area contributed by atoms with Gasteiger partial charge in [0.2, 0.25) is 0 Å². The Balaban J connectivity index is 1.66. The SMILES string of the molecule is CCCn1nc(C)c(N)c1NCC1CC2CCC1C2. The van der Waals surface area contributed by atoms with Crippen molar-refractivity contribution in [2.24, 2.45) is 17.8 Å². The normalized spacial score (nSPS) is 29.1. The van der Waals surface area contributed by atoms with E-state index in [1.807, 2.05) is 11.6 Å². The Morgan fingerprint density at radius 3 is 2.84 bits per heavy atom. The molecule has 2 fully saturated rings. The number of rotatable bonds is 5. The number of aromatic nitrogens is 2. The zero-order chi connectivity index (χ0) is 13.4. The standard InChI is InChI=1S/C15H26N4/c1-3-6-19-15(14(16)10(2)18-19)17-9-13-8-11-4-5-12(13)7-11/h11-13,17H,3-9,16H2,1-2H3. The Morgan fingerprint density at radius 2 is 2.21 bits per heavy atom. The van der Waals surface area contributed by atoms with Gasteiger partial charge in [0.15, 0.2) is 0 Å². The van der Waals surface area contributed by atoms with Gasteiger partial charge in [-0.25, -0.2) is 4.68 Å². The van der Waals surface area contributed by atoms with E-state index in [2.05, 4.69) is 17.3 Å². The Kier molecular flexibility index (Phi) is 3.42. The second kappa shape index (κ2) is 5.06. The van der Waals surface area contributed by atoms with Crippen LogP contribution in [0.5, 0.6) is 0 Å². The molecular formula is C15H26N4. The average molecular weight is 262 g/mol. The number of nitrogens with one attached hydrogen (secondary N) is 1. The van der Waals surface area contributed by atoms with E-state index in [4.69, 9.17) is 5.73 Å². The van der Waals surface area contributed by atoms with E-state index >= 15 is 0 Å². The number of nitrogens with two attached hydrogens (primary N) is 1. The molecule has 19 heavy (non-hydrogen) atoms. The van der Waals surface area contributed by atoms with Gasteiger partial charge in [-0.1, -0.05) is 13.3 Å². The van der Waals surface area contributed by atoms with Crippen molar-refractivity contribution < 1.29 is 0 Å². The van der Waals surface area contributed by atoms with E-state index in [9.17, 15) is 0 Å². The maximum Gasteiger partial charge on any atom is 0.148 e. The molecule has 0 radical (unpaired) electrons. The topological polar surface area (TPSA) is 55.9 Å². The van der Waals surface area contributed by atoms with Gasteiger partial charge in [-0.3, -0.25) is 0 Å². The number of aryl methyl sites for hydroxylation is 2. The van der Waals surface area contributed by atoms with E-state index < -0.39 is 0 Å². The molecule has 0 aromatic carbocycles. The summed E-state index contributed by atoms with van der Waals surface area (Å²) in [4.78, 5) is 0. The first-order valence-corrected chi connectivity index (χ1v) is 7.75. The van der Waals surface area contributed by atoms with Crippen LogP contribution in [0.2, 0.25) is 0 Å². The molecule has 4 nitrogen and oxygen atoms in total. The molecule has 2 bridgehead atoms. The predicted molar refractivity (Wildman–Crippen MR) is 79.1 cm³/mol. The first-order chi connectivity index (χ1) is 9.19. The fraction of sp³-hybridized carbons (Fsp3) is 0.800. The van der Waals surface area contributed by atoms with Gasteiger partial charge < -0.3 is 11.1 Å². The lowest BCUT2D eigenvalue weighted by Crippen LogP contribution is -2.22. The molecule has 3 N–H and O–H groups in total. The van der Waals surface area contributed by atoms with Gasteiger partial charge in [0.05, 0.1) is 11.4 Å². The zero-order valence-corrected chi connectivity index (χ0v) is 12.2. The third kappa shape index (κ3) is 2.33. The van der Waals surface area contributed by atoms with E-state index in [-0.39, 0.29) is 0 Å². The lowest BCUT2D eigenvalue weighted by atomic mass is 9.89. The minimum atomic E-state index is 0.830. The molecule has 2 aliphatic rings. The molecule has 2 saturated carbocycles. The molecule has 1 heterocycles. The van der Waals surface area contributed by atoms with Crippen molar-refractivity contribution in [3.8, 4) is 0 Å². The highest BCUT2D eigenvalue weighted by Crippen LogP contribution is 2.48. The number of nitrogen functional groups attached to an aromatic ring is 1. The van der Waals surface area contributed by atoms with Gasteiger partial charge in [-0.2, -0.15) is 5.10 Å². The number of fused-ring (bicyclic) bond motifs is 2. The molecule has 1 aromatic rings. The van der Waals surface area contributed by atoms with Gasteiger partial charge >= 0.3 is 0 Å². The summed E-state index contributed by atoms with van der Waals surface area (Å²) in [6, 6.07) is 0. The van der Waals surface area contributed by atoms with Crippen LogP contribution in [0.3, 0.4) is 0 Å². The van der Waals surface area contributed by atoms with Crippen molar-refractivity contribution in [1.29, 1.82) is 0 Å².